The van der Waals surface area contributed by atoms with E-state index in [1.54, 1.807) is 44.0 Å². The lowest BCUT2D eigenvalue weighted by Crippen LogP contribution is -2.40. The van der Waals surface area contributed by atoms with Gasteiger partial charge in [0.05, 0.1) is 27.1 Å². The van der Waals surface area contributed by atoms with Gasteiger partial charge in [0.15, 0.2) is 0 Å². The molecular weight excluding hydrogens is 474 g/mol. The van der Waals surface area contributed by atoms with Crippen LogP contribution in [-0.2, 0) is 11.2 Å². The van der Waals surface area contributed by atoms with Crippen LogP contribution in [0, 0.1) is 0 Å². The third-order valence-electron chi connectivity index (χ3n) is 5.03. The van der Waals surface area contributed by atoms with Crippen molar-refractivity contribution in [2.24, 2.45) is 0 Å². The van der Waals surface area contributed by atoms with Gasteiger partial charge in [0, 0.05) is 25.7 Å². The number of ether oxygens (including phenoxy) is 2. The van der Waals surface area contributed by atoms with Crippen LogP contribution in [0.15, 0.2) is 48.7 Å². The molecular formula is C25H26ClN3O4S. The summed E-state index contributed by atoms with van der Waals surface area (Å²) in [5, 5.41) is 3.16. The van der Waals surface area contributed by atoms with Crippen molar-refractivity contribution in [3.63, 3.8) is 0 Å². The number of alkyl carbamates (subject to hydrolysis) is 1. The maximum Gasteiger partial charge on any atom is 0.407 e. The van der Waals surface area contributed by atoms with Crippen LogP contribution in [0.2, 0.25) is 5.02 Å². The number of carbonyl (C=O) groups excluding carboxylic acids is 2. The average molecular weight is 500 g/mol. The van der Waals surface area contributed by atoms with Crippen LogP contribution in [0.3, 0.4) is 0 Å². The van der Waals surface area contributed by atoms with E-state index >= 15 is 0 Å². The number of amides is 2. The summed E-state index contributed by atoms with van der Waals surface area (Å²) in [7, 11) is 0. The monoisotopic (exact) mass is 499 g/mol. The molecule has 1 N–H and O–H groups in total. The summed E-state index contributed by atoms with van der Waals surface area (Å²) in [6.07, 6.45) is 1.86. The van der Waals surface area contributed by atoms with Crippen molar-refractivity contribution in [3.05, 3.63) is 64.1 Å². The molecule has 7 nitrogen and oxygen atoms in total. The zero-order valence-corrected chi connectivity index (χ0v) is 20.8. The SMILES string of the molecule is CC(C)(C)OC(=O)NCCN(C(=O)c1cc2c(s1)-c1ncccc1OCC2)c1ccccc1Cl. The molecule has 4 rings (SSSR count). The Hall–Kier alpha value is -3.10. The first-order chi connectivity index (χ1) is 16.2. The van der Waals surface area contributed by atoms with E-state index in [2.05, 4.69) is 10.3 Å². The zero-order chi connectivity index (χ0) is 24.3. The summed E-state index contributed by atoms with van der Waals surface area (Å²) in [5.74, 6) is 0.516. The van der Waals surface area contributed by atoms with Crippen LogP contribution >= 0.6 is 22.9 Å². The molecule has 3 heterocycles. The highest BCUT2D eigenvalue weighted by Crippen LogP contribution is 2.40. The first kappa shape index (κ1) is 24.0. The molecule has 3 aromatic rings. The molecule has 0 aliphatic carbocycles. The van der Waals surface area contributed by atoms with Crippen LogP contribution < -0.4 is 15.0 Å². The summed E-state index contributed by atoms with van der Waals surface area (Å²) >= 11 is 7.83. The fraction of sp³-hybridized carbons (Fsp3) is 0.320. The Labute approximate surface area is 207 Å². The lowest BCUT2D eigenvalue weighted by atomic mass is 10.1. The van der Waals surface area contributed by atoms with Gasteiger partial charge in [-0.3, -0.25) is 9.78 Å². The number of hydrogen-bond donors (Lipinski definition) is 1. The molecule has 1 aliphatic heterocycles. The standard InChI is InChI=1S/C25H26ClN3O4S/c1-25(2,3)33-24(31)28-12-13-29(18-8-5-4-7-17(18)26)23(30)20-15-16-10-14-32-19-9-6-11-27-21(19)22(16)34-20/h4-9,11,15H,10,12-14H2,1-3H3,(H,28,31). The predicted octanol–water partition coefficient (Wildman–Crippen LogP) is 5.57. The number of thiophene rings is 1. The summed E-state index contributed by atoms with van der Waals surface area (Å²) < 4.78 is 11.1. The minimum Gasteiger partial charge on any atom is -0.491 e. The van der Waals surface area contributed by atoms with E-state index in [1.165, 1.54) is 11.3 Å². The quantitative estimate of drug-likeness (QED) is 0.496. The molecule has 0 bridgehead atoms. The minimum absolute atomic E-state index is 0.199. The number of aromatic nitrogens is 1. The summed E-state index contributed by atoms with van der Waals surface area (Å²) in [4.78, 5) is 33.4. The molecule has 1 aromatic carbocycles. The van der Waals surface area contributed by atoms with Crippen molar-refractivity contribution in [3.8, 4) is 16.3 Å². The fourth-order valence-corrected chi connectivity index (χ4v) is 4.99. The van der Waals surface area contributed by atoms with E-state index in [0.29, 0.717) is 34.4 Å². The Balaban J connectivity index is 1.60. The van der Waals surface area contributed by atoms with Crippen LogP contribution in [0.5, 0.6) is 5.75 Å². The molecule has 9 heteroatoms. The van der Waals surface area contributed by atoms with Crippen LogP contribution in [0.1, 0.15) is 36.0 Å². The van der Waals surface area contributed by atoms with Crippen LogP contribution in [-0.4, -0.2) is 42.3 Å². The van der Waals surface area contributed by atoms with Crippen molar-refractivity contribution in [1.82, 2.24) is 10.3 Å². The molecule has 0 radical (unpaired) electrons. The number of fused-ring (bicyclic) bond motifs is 3. The maximum absolute atomic E-state index is 13.7. The van der Waals surface area contributed by atoms with Gasteiger partial charge in [0.1, 0.15) is 17.0 Å². The molecule has 1 aliphatic rings. The molecule has 0 saturated carbocycles. The number of para-hydroxylation sites is 1. The van der Waals surface area contributed by atoms with E-state index in [0.717, 1.165) is 16.1 Å². The Kier molecular flexibility index (Phi) is 7.09. The number of hydrogen-bond acceptors (Lipinski definition) is 6. The topological polar surface area (TPSA) is 80.8 Å². The lowest BCUT2D eigenvalue weighted by molar-refractivity contribution is 0.0528. The molecule has 0 spiro atoms. The number of anilines is 1. The highest BCUT2D eigenvalue weighted by Gasteiger charge is 2.26. The van der Waals surface area contributed by atoms with Crippen molar-refractivity contribution in [2.75, 3.05) is 24.6 Å². The molecule has 0 atom stereocenters. The highest BCUT2D eigenvalue weighted by atomic mass is 35.5. The van der Waals surface area contributed by atoms with Gasteiger partial charge >= 0.3 is 6.09 Å². The number of rotatable bonds is 5. The number of nitrogens with one attached hydrogen (secondary N) is 1. The van der Waals surface area contributed by atoms with Gasteiger partial charge < -0.3 is 19.7 Å². The summed E-state index contributed by atoms with van der Waals surface area (Å²) in [6.45, 7) is 6.34. The fourth-order valence-electron chi connectivity index (χ4n) is 3.59. The molecule has 34 heavy (non-hydrogen) atoms. The number of nitrogens with zero attached hydrogens (tertiary/aromatic N) is 2. The number of benzene rings is 1. The molecule has 2 amide bonds. The number of carbonyl (C=O) groups is 2. The van der Waals surface area contributed by atoms with E-state index in [4.69, 9.17) is 21.1 Å². The van der Waals surface area contributed by atoms with Crippen molar-refractivity contribution in [1.29, 1.82) is 0 Å². The maximum atomic E-state index is 13.7. The van der Waals surface area contributed by atoms with Gasteiger partial charge in [-0.2, -0.15) is 0 Å². The smallest absolute Gasteiger partial charge is 0.407 e. The second kappa shape index (κ2) is 10.0. The van der Waals surface area contributed by atoms with Gasteiger partial charge in [-0.1, -0.05) is 23.7 Å². The van der Waals surface area contributed by atoms with Gasteiger partial charge in [0.25, 0.3) is 5.91 Å². The average Bonchev–Trinajstić information content (AvgIpc) is 3.12. The molecule has 0 unspecified atom stereocenters. The largest absolute Gasteiger partial charge is 0.491 e. The van der Waals surface area contributed by atoms with E-state index in [1.807, 2.05) is 30.3 Å². The summed E-state index contributed by atoms with van der Waals surface area (Å²) in [6, 6.07) is 12.8. The molecule has 178 valence electrons. The van der Waals surface area contributed by atoms with Crippen molar-refractivity contribution >= 4 is 40.6 Å². The Bertz CT molecular complexity index is 1200. The normalized spacial score (nSPS) is 12.6. The second-order valence-electron chi connectivity index (χ2n) is 8.75. The Morgan fingerprint density at radius 2 is 2.03 bits per heavy atom. The van der Waals surface area contributed by atoms with Gasteiger partial charge in [-0.15, -0.1) is 11.3 Å². The van der Waals surface area contributed by atoms with Crippen molar-refractivity contribution in [2.45, 2.75) is 32.8 Å². The first-order valence-corrected chi connectivity index (χ1v) is 12.2. The third-order valence-corrected chi connectivity index (χ3v) is 6.52. The minimum atomic E-state index is -0.606. The molecule has 0 saturated heterocycles. The van der Waals surface area contributed by atoms with Crippen LogP contribution in [0.25, 0.3) is 10.6 Å². The van der Waals surface area contributed by atoms with Gasteiger partial charge in [-0.05, 0) is 56.7 Å². The van der Waals surface area contributed by atoms with E-state index < -0.39 is 11.7 Å². The first-order valence-electron chi connectivity index (χ1n) is 11.0. The number of pyridine rings is 1. The predicted molar refractivity (Wildman–Crippen MR) is 134 cm³/mol. The van der Waals surface area contributed by atoms with Gasteiger partial charge in [0.2, 0.25) is 0 Å². The second-order valence-corrected chi connectivity index (χ2v) is 10.2. The molecule has 2 aromatic heterocycles. The Morgan fingerprint density at radius 3 is 2.79 bits per heavy atom. The zero-order valence-electron chi connectivity index (χ0n) is 19.3. The van der Waals surface area contributed by atoms with E-state index in [-0.39, 0.29) is 19.0 Å². The lowest BCUT2D eigenvalue weighted by Gasteiger charge is -2.24. The van der Waals surface area contributed by atoms with Gasteiger partial charge in [-0.25, -0.2) is 4.79 Å². The number of halogens is 1. The van der Waals surface area contributed by atoms with Crippen molar-refractivity contribution < 1.29 is 19.1 Å². The third kappa shape index (κ3) is 5.51. The Morgan fingerprint density at radius 1 is 1.24 bits per heavy atom. The summed E-state index contributed by atoms with van der Waals surface area (Å²) in [5.41, 5.74) is 1.74. The highest BCUT2D eigenvalue weighted by molar-refractivity contribution is 7.17. The van der Waals surface area contributed by atoms with Crippen LogP contribution in [0.4, 0.5) is 10.5 Å². The van der Waals surface area contributed by atoms with E-state index in [9.17, 15) is 9.59 Å². The molecule has 0 fully saturated rings.